The van der Waals surface area contributed by atoms with Crippen molar-refractivity contribution in [2.75, 3.05) is 0 Å². The number of Topliss-reactive ketones (excluding diaryl/α,β-unsaturated/α-hetero) is 1. The highest BCUT2D eigenvalue weighted by Crippen LogP contribution is 2.35. The van der Waals surface area contributed by atoms with Crippen LogP contribution >= 0.6 is 15.9 Å². The Morgan fingerprint density at radius 2 is 1.75 bits per heavy atom. The molecule has 0 unspecified atom stereocenters. The van der Waals surface area contributed by atoms with E-state index in [9.17, 15) is 4.79 Å². The van der Waals surface area contributed by atoms with Gasteiger partial charge in [0.2, 0.25) is 0 Å². The summed E-state index contributed by atoms with van der Waals surface area (Å²) in [7, 11) is 0. The molecule has 20 heavy (non-hydrogen) atoms. The smallest absolute Gasteiger partial charge is 0.180 e. The van der Waals surface area contributed by atoms with Gasteiger partial charge in [-0.15, -0.1) is 0 Å². The van der Waals surface area contributed by atoms with Crippen molar-refractivity contribution in [1.82, 2.24) is 4.57 Å². The molecule has 0 N–H and O–H groups in total. The molecule has 0 aliphatic rings. The van der Waals surface area contributed by atoms with E-state index >= 15 is 0 Å². The molecule has 0 saturated carbocycles. The first-order valence-corrected chi connectivity index (χ1v) is 7.79. The molecule has 1 heterocycles. The number of benzene rings is 1. The number of carbonyl (C=O) groups excluding carboxylic acids is 1. The molecule has 0 saturated heterocycles. The van der Waals surface area contributed by atoms with Crippen molar-refractivity contribution >= 4 is 21.7 Å². The fourth-order valence-corrected chi connectivity index (χ4v) is 3.18. The van der Waals surface area contributed by atoms with E-state index in [0.717, 1.165) is 33.5 Å². The van der Waals surface area contributed by atoms with Gasteiger partial charge in [0.05, 0.1) is 11.4 Å². The molecule has 0 amide bonds. The standard InChI is InChI=1S/C17H20BrNO/c1-5-14(20)17-15(18)12(4)16(19(17)6-2)13-9-7-11(3)8-10-13/h7-10H,5-6H2,1-4H3. The molecular formula is C17H20BrNO. The summed E-state index contributed by atoms with van der Waals surface area (Å²) in [6, 6.07) is 8.46. The lowest BCUT2D eigenvalue weighted by molar-refractivity contribution is 0.0978. The SMILES string of the molecule is CCC(=O)c1c(Br)c(C)c(-c2ccc(C)cc2)n1CC. The zero-order valence-corrected chi connectivity index (χ0v) is 14.0. The minimum Gasteiger partial charge on any atom is -0.337 e. The number of aryl methyl sites for hydroxylation is 1. The Morgan fingerprint density at radius 1 is 1.15 bits per heavy atom. The molecule has 2 nitrogen and oxygen atoms in total. The van der Waals surface area contributed by atoms with Gasteiger partial charge in [0.1, 0.15) is 0 Å². The van der Waals surface area contributed by atoms with Crippen molar-refractivity contribution in [1.29, 1.82) is 0 Å². The van der Waals surface area contributed by atoms with Crippen molar-refractivity contribution in [3.05, 3.63) is 45.6 Å². The van der Waals surface area contributed by atoms with Crippen LogP contribution in [0.15, 0.2) is 28.7 Å². The summed E-state index contributed by atoms with van der Waals surface area (Å²) in [5.41, 5.74) is 5.46. The zero-order chi connectivity index (χ0) is 14.9. The fourth-order valence-electron chi connectivity index (χ4n) is 2.55. The van der Waals surface area contributed by atoms with Crippen LogP contribution in [0, 0.1) is 13.8 Å². The average Bonchev–Trinajstić information content (AvgIpc) is 2.71. The van der Waals surface area contributed by atoms with Gasteiger partial charge in [-0.1, -0.05) is 36.8 Å². The second-order valence-corrected chi connectivity index (χ2v) is 5.82. The third-order valence-electron chi connectivity index (χ3n) is 3.66. The quantitative estimate of drug-likeness (QED) is 0.709. The highest BCUT2D eigenvalue weighted by Gasteiger charge is 2.22. The molecule has 0 bridgehead atoms. The van der Waals surface area contributed by atoms with E-state index in [-0.39, 0.29) is 5.78 Å². The fraction of sp³-hybridized carbons (Fsp3) is 0.353. The van der Waals surface area contributed by atoms with Gasteiger partial charge in [-0.3, -0.25) is 4.79 Å². The van der Waals surface area contributed by atoms with Crippen molar-refractivity contribution in [2.24, 2.45) is 0 Å². The second-order valence-electron chi connectivity index (χ2n) is 5.02. The largest absolute Gasteiger partial charge is 0.337 e. The first-order chi connectivity index (χ1) is 9.51. The number of aromatic nitrogens is 1. The molecule has 0 radical (unpaired) electrons. The van der Waals surface area contributed by atoms with Crippen LogP contribution in [0.5, 0.6) is 0 Å². The number of rotatable bonds is 4. The summed E-state index contributed by atoms with van der Waals surface area (Å²) >= 11 is 3.60. The van der Waals surface area contributed by atoms with Crippen LogP contribution in [0.2, 0.25) is 0 Å². The topological polar surface area (TPSA) is 22.0 Å². The molecular weight excluding hydrogens is 314 g/mol. The van der Waals surface area contributed by atoms with Crippen LogP contribution in [0.4, 0.5) is 0 Å². The van der Waals surface area contributed by atoms with Crippen molar-refractivity contribution in [2.45, 2.75) is 40.7 Å². The molecule has 0 atom stereocenters. The van der Waals surface area contributed by atoms with Crippen molar-refractivity contribution < 1.29 is 4.79 Å². The van der Waals surface area contributed by atoms with Gasteiger partial charge in [-0.2, -0.15) is 0 Å². The maximum absolute atomic E-state index is 12.2. The minimum atomic E-state index is 0.181. The Balaban J connectivity index is 2.70. The second kappa shape index (κ2) is 5.96. The van der Waals surface area contributed by atoms with E-state index in [2.05, 4.69) is 65.5 Å². The Hall–Kier alpha value is -1.35. The molecule has 0 spiro atoms. The molecule has 0 aliphatic heterocycles. The van der Waals surface area contributed by atoms with Gasteiger partial charge >= 0.3 is 0 Å². The number of halogens is 1. The third kappa shape index (κ3) is 2.47. The van der Waals surface area contributed by atoms with Crippen LogP contribution in [-0.4, -0.2) is 10.4 Å². The molecule has 0 fully saturated rings. The van der Waals surface area contributed by atoms with Crippen LogP contribution in [-0.2, 0) is 6.54 Å². The molecule has 106 valence electrons. The van der Waals surface area contributed by atoms with Gasteiger partial charge in [-0.05, 0) is 47.8 Å². The maximum Gasteiger partial charge on any atom is 0.180 e. The van der Waals surface area contributed by atoms with E-state index in [1.807, 2.05) is 6.92 Å². The van der Waals surface area contributed by atoms with E-state index in [1.54, 1.807) is 0 Å². The number of carbonyl (C=O) groups is 1. The van der Waals surface area contributed by atoms with Gasteiger partial charge in [0.15, 0.2) is 5.78 Å². The van der Waals surface area contributed by atoms with Crippen LogP contribution in [0.25, 0.3) is 11.3 Å². The Morgan fingerprint density at radius 3 is 2.25 bits per heavy atom. The predicted molar refractivity (Wildman–Crippen MR) is 87.3 cm³/mol. The zero-order valence-electron chi connectivity index (χ0n) is 12.5. The van der Waals surface area contributed by atoms with Gasteiger partial charge in [-0.25, -0.2) is 0 Å². The normalized spacial score (nSPS) is 10.8. The summed E-state index contributed by atoms with van der Waals surface area (Å²) in [6.45, 7) is 8.92. The van der Waals surface area contributed by atoms with Gasteiger partial charge < -0.3 is 4.57 Å². The first kappa shape index (κ1) is 15.0. The van der Waals surface area contributed by atoms with Crippen molar-refractivity contribution in [3.63, 3.8) is 0 Å². The Kier molecular flexibility index (Phi) is 4.48. The van der Waals surface area contributed by atoms with Crippen LogP contribution in [0.1, 0.15) is 41.9 Å². The number of hydrogen-bond donors (Lipinski definition) is 0. The highest BCUT2D eigenvalue weighted by atomic mass is 79.9. The van der Waals surface area contributed by atoms with Gasteiger partial charge in [0.25, 0.3) is 0 Å². The highest BCUT2D eigenvalue weighted by molar-refractivity contribution is 9.10. The van der Waals surface area contributed by atoms with Crippen LogP contribution < -0.4 is 0 Å². The summed E-state index contributed by atoms with van der Waals surface area (Å²) in [4.78, 5) is 12.2. The summed E-state index contributed by atoms with van der Waals surface area (Å²) in [5, 5.41) is 0. The van der Waals surface area contributed by atoms with Crippen LogP contribution in [0.3, 0.4) is 0 Å². The van der Waals surface area contributed by atoms with E-state index in [4.69, 9.17) is 0 Å². The lowest BCUT2D eigenvalue weighted by atomic mass is 10.1. The number of nitrogens with zero attached hydrogens (tertiary/aromatic N) is 1. The Labute approximate surface area is 128 Å². The molecule has 1 aromatic heterocycles. The molecule has 2 rings (SSSR count). The third-order valence-corrected chi connectivity index (χ3v) is 4.63. The number of hydrogen-bond acceptors (Lipinski definition) is 1. The van der Waals surface area contributed by atoms with Gasteiger partial charge in [0, 0.05) is 17.4 Å². The summed E-state index contributed by atoms with van der Waals surface area (Å²) in [6.07, 6.45) is 0.523. The molecule has 0 aliphatic carbocycles. The minimum absolute atomic E-state index is 0.181. The number of ketones is 1. The maximum atomic E-state index is 12.2. The lowest BCUT2D eigenvalue weighted by Crippen LogP contribution is -2.08. The lowest BCUT2D eigenvalue weighted by Gasteiger charge is -2.11. The predicted octanol–water partition coefficient (Wildman–Crippen LogP) is 5.15. The Bertz CT molecular complexity index is 638. The molecule has 3 heteroatoms. The first-order valence-electron chi connectivity index (χ1n) is 7.00. The van der Waals surface area contributed by atoms with E-state index in [1.165, 1.54) is 5.56 Å². The average molecular weight is 334 g/mol. The summed E-state index contributed by atoms with van der Waals surface area (Å²) in [5.74, 6) is 0.181. The van der Waals surface area contributed by atoms with E-state index in [0.29, 0.717) is 6.42 Å². The molecule has 2 aromatic rings. The monoisotopic (exact) mass is 333 g/mol. The van der Waals surface area contributed by atoms with E-state index < -0.39 is 0 Å². The summed E-state index contributed by atoms with van der Waals surface area (Å²) < 4.78 is 3.05. The van der Waals surface area contributed by atoms with Crippen molar-refractivity contribution in [3.8, 4) is 11.3 Å². The molecule has 1 aromatic carbocycles.